The van der Waals surface area contributed by atoms with E-state index in [0.29, 0.717) is 18.7 Å². The van der Waals surface area contributed by atoms with Crippen molar-refractivity contribution in [2.75, 3.05) is 11.5 Å². The second kappa shape index (κ2) is 5.22. The molecule has 1 aromatic rings. The lowest BCUT2D eigenvalue weighted by molar-refractivity contribution is 0.276. The van der Waals surface area contributed by atoms with Crippen LogP contribution < -0.4 is 0 Å². The standard InChI is InChI=1S/C8H15N3O3S/c1-2-15(13,14)5-3-4-11-6-8(7-12)9-10-11/h6,12H,2-5,7H2,1H3. The number of sulfone groups is 1. The Balaban J connectivity index is 2.38. The number of hydrogen-bond donors (Lipinski definition) is 1. The summed E-state index contributed by atoms with van der Waals surface area (Å²) in [4.78, 5) is 0. The molecule has 0 fully saturated rings. The molecule has 0 saturated heterocycles. The number of aliphatic hydroxyl groups excluding tert-OH is 1. The third-order valence-electron chi connectivity index (χ3n) is 2.03. The molecule has 0 aliphatic carbocycles. The summed E-state index contributed by atoms with van der Waals surface area (Å²) >= 11 is 0. The molecule has 0 amide bonds. The lowest BCUT2D eigenvalue weighted by Gasteiger charge is -2.00. The average molecular weight is 233 g/mol. The fraction of sp³-hybridized carbons (Fsp3) is 0.750. The predicted molar refractivity (Wildman–Crippen MR) is 54.9 cm³/mol. The van der Waals surface area contributed by atoms with Crippen LogP contribution in [0, 0.1) is 0 Å². The summed E-state index contributed by atoms with van der Waals surface area (Å²) < 4.78 is 23.9. The van der Waals surface area contributed by atoms with Crippen molar-refractivity contribution in [1.82, 2.24) is 15.0 Å². The molecule has 0 unspecified atom stereocenters. The molecule has 15 heavy (non-hydrogen) atoms. The zero-order chi connectivity index (χ0) is 11.3. The zero-order valence-electron chi connectivity index (χ0n) is 8.63. The van der Waals surface area contributed by atoms with Crippen LogP contribution in [0.25, 0.3) is 0 Å². The van der Waals surface area contributed by atoms with Gasteiger partial charge in [-0.25, -0.2) is 8.42 Å². The van der Waals surface area contributed by atoms with Crippen LogP contribution in [0.5, 0.6) is 0 Å². The maximum atomic E-state index is 11.2. The van der Waals surface area contributed by atoms with E-state index in [4.69, 9.17) is 5.11 Å². The van der Waals surface area contributed by atoms with E-state index in [-0.39, 0.29) is 18.1 Å². The Morgan fingerprint density at radius 2 is 2.27 bits per heavy atom. The largest absolute Gasteiger partial charge is 0.390 e. The van der Waals surface area contributed by atoms with Crippen molar-refractivity contribution >= 4 is 9.84 Å². The van der Waals surface area contributed by atoms with E-state index < -0.39 is 9.84 Å². The Morgan fingerprint density at radius 1 is 1.53 bits per heavy atom. The number of aromatic nitrogens is 3. The Bertz CT molecular complexity index is 399. The first-order chi connectivity index (χ1) is 7.07. The van der Waals surface area contributed by atoms with Gasteiger partial charge in [0, 0.05) is 12.3 Å². The highest BCUT2D eigenvalue weighted by Crippen LogP contribution is 1.98. The van der Waals surface area contributed by atoms with Crippen LogP contribution in [-0.2, 0) is 23.0 Å². The fourth-order valence-electron chi connectivity index (χ4n) is 1.11. The van der Waals surface area contributed by atoms with Crippen LogP contribution >= 0.6 is 0 Å². The number of nitrogens with zero attached hydrogens (tertiary/aromatic N) is 3. The Morgan fingerprint density at radius 3 is 2.80 bits per heavy atom. The normalized spacial score (nSPS) is 11.9. The third kappa shape index (κ3) is 3.96. The Kier molecular flexibility index (Phi) is 4.22. The average Bonchev–Trinajstić information content (AvgIpc) is 2.66. The number of aryl methyl sites for hydroxylation is 1. The van der Waals surface area contributed by atoms with Crippen molar-refractivity contribution in [2.24, 2.45) is 0 Å². The van der Waals surface area contributed by atoms with Crippen LogP contribution in [0.15, 0.2) is 6.20 Å². The van der Waals surface area contributed by atoms with Crippen LogP contribution in [-0.4, -0.2) is 40.0 Å². The van der Waals surface area contributed by atoms with Gasteiger partial charge in [0.25, 0.3) is 0 Å². The van der Waals surface area contributed by atoms with Crippen LogP contribution in [0.4, 0.5) is 0 Å². The van der Waals surface area contributed by atoms with Gasteiger partial charge in [-0.3, -0.25) is 4.68 Å². The first kappa shape index (κ1) is 12.1. The van der Waals surface area contributed by atoms with Gasteiger partial charge in [0.05, 0.1) is 18.6 Å². The minimum Gasteiger partial charge on any atom is -0.390 e. The van der Waals surface area contributed by atoms with Crippen LogP contribution in [0.3, 0.4) is 0 Å². The third-order valence-corrected chi connectivity index (χ3v) is 3.82. The lowest BCUT2D eigenvalue weighted by atomic mass is 10.5. The van der Waals surface area contributed by atoms with E-state index in [1.165, 1.54) is 4.68 Å². The van der Waals surface area contributed by atoms with Crippen molar-refractivity contribution in [3.05, 3.63) is 11.9 Å². The van der Waals surface area contributed by atoms with Crippen molar-refractivity contribution in [3.8, 4) is 0 Å². The van der Waals surface area contributed by atoms with Gasteiger partial charge in [-0.1, -0.05) is 12.1 Å². The molecule has 86 valence electrons. The Labute approximate surface area is 88.8 Å². The maximum absolute atomic E-state index is 11.2. The van der Waals surface area contributed by atoms with Crippen molar-refractivity contribution in [3.63, 3.8) is 0 Å². The second-order valence-electron chi connectivity index (χ2n) is 3.22. The summed E-state index contributed by atoms with van der Waals surface area (Å²) in [5.41, 5.74) is 0.494. The van der Waals surface area contributed by atoms with Gasteiger partial charge in [-0.2, -0.15) is 0 Å². The van der Waals surface area contributed by atoms with Gasteiger partial charge < -0.3 is 5.11 Å². The maximum Gasteiger partial charge on any atom is 0.150 e. The first-order valence-corrected chi connectivity index (χ1v) is 6.60. The number of aliphatic hydroxyl groups is 1. The fourth-order valence-corrected chi connectivity index (χ4v) is 1.97. The van der Waals surface area contributed by atoms with Crippen molar-refractivity contribution in [1.29, 1.82) is 0 Å². The van der Waals surface area contributed by atoms with Crippen LogP contribution in [0.1, 0.15) is 19.0 Å². The van der Waals surface area contributed by atoms with E-state index in [1.54, 1.807) is 13.1 Å². The molecule has 0 bridgehead atoms. The minimum atomic E-state index is -2.90. The highest BCUT2D eigenvalue weighted by Gasteiger charge is 2.07. The zero-order valence-corrected chi connectivity index (χ0v) is 9.44. The summed E-state index contributed by atoms with van der Waals surface area (Å²) in [6.07, 6.45) is 2.13. The lowest BCUT2D eigenvalue weighted by Crippen LogP contribution is -2.11. The minimum absolute atomic E-state index is 0.146. The number of hydrogen-bond acceptors (Lipinski definition) is 5. The van der Waals surface area contributed by atoms with E-state index in [1.807, 2.05) is 0 Å². The summed E-state index contributed by atoms with van der Waals surface area (Å²) in [6, 6.07) is 0. The summed E-state index contributed by atoms with van der Waals surface area (Å²) in [5, 5.41) is 16.2. The molecule has 6 nitrogen and oxygen atoms in total. The molecule has 1 heterocycles. The number of rotatable bonds is 6. The molecule has 0 radical (unpaired) electrons. The molecule has 1 N–H and O–H groups in total. The molecule has 1 aromatic heterocycles. The SMILES string of the molecule is CCS(=O)(=O)CCCn1cc(CO)nn1. The highest BCUT2D eigenvalue weighted by molar-refractivity contribution is 7.91. The quantitative estimate of drug-likeness (QED) is 0.722. The molecule has 0 saturated carbocycles. The second-order valence-corrected chi connectivity index (χ2v) is 5.69. The summed E-state index contributed by atoms with van der Waals surface area (Å²) in [5.74, 6) is 0.337. The molecule has 1 rings (SSSR count). The van der Waals surface area contributed by atoms with E-state index >= 15 is 0 Å². The van der Waals surface area contributed by atoms with Crippen molar-refractivity contribution in [2.45, 2.75) is 26.5 Å². The van der Waals surface area contributed by atoms with Gasteiger partial charge in [0.1, 0.15) is 15.5 Å². The smallest absolute Gasteiger partial charge is 0.150 e. The summed E-state index contributed by atoms with van der Waals surface area (Å²) in [7, 11) is -2.90. The topological polar surface area (TPSA) is 85.1 Å². The van der Waals surface area contributed by atoms with E-state index in [2.05, 4.69) is 10.3 Å². The highest BCUT2D eigenvalue weighted by atomic mass is 32.2. The predicted octanol–water partition coefficient (Wildman–Crippen LogP) is -0.405. The monoisotopic (exact) mass is 233 g/mol. The molecular weight excluding hydrogens is 218 g/mol. The van der Waals surface area contributed by atoms with Gasteiger partial charge in [-0.15, -0.1) is 5.10 Å². The first-order valence-electron chi connectivity index (χ1n) is 4.77. The van der Waals surface area contributed by atoms with Gasteiger partial charge in [0.2, 0.25) is 0 Å². The van der Waals surface area contributed by atoms with Gasteiger partial charge in [-0.05, 0) is 6.42 Å². The summed E-state index contributed by atoms with van der Waals surface area (Å²) in [6.45, 7) is 1.99. The Hall–Kier alpha value is -0.950. The molecule has 0 aliphatic rings. The van der Waals surface area contributed by atoms with Crippen LogP contribution in [0.2, 0.25) is 0 Å². The molecular formula is C8H15N3O3S. The molecule has 0 atom stereocenters. The molecule has 0 aromatic carbocycles. The van der Waals surface area contributed by atoms with E-state index in [9.17, 15) is 8.42 Å². The van der Waals surface area contributed by atoms with Gasteiger partial charge in [0.15, 0.2) is 0 Å². The molecule has 0 spiro atoms. The molecule has 7 heteroatoms. The van der Waals surface area contributed by atoms with Gasteiger partial charge >= 0.3 is 0 Å². The van der Waals surface area contributed by atoms with E-state index in [0.717, 1.165) is 0 Å². The van der Waals surface area contributed by atoms with Crippen molar-refractivity contribution < 1.29 is 13.5 Å². The molecule has 0 aliphatic heterocycles.